The lowest BCUT2D eigenvalue weighted by atomic mass is 9.68. The van der Waals surface area contributed by atoms with Gasteiger partial charge in [0.2, 0.25) is 0 Å². The van der Waals surface area contributed by atoms with E-state index in [0.717, 1.165) is 63.4 Å². The Morgan fingerprint density at radius 3 is 2.08 bits per heavy atom. The molecule has 0 aliphatic heterocycles. The summed E-state index contributed by atoms with van der Waals surface area (Å²) in [4.78, 5) is 11.9. The normalized spacial score (nSPS) is 22.4. The quantitative estimate of drug-likeness (QED) is 0.105. The SMILES string of the molecule is CCCCC(CC)COC(=O)CCSc1c(-c2ccc(C3CCC(C4CCC(CCC)CC4)CC3)c(F)c2F)ccc(C(F)(F)F)c1F. The second-order valence-corrected chi connectivity index (χ2v) is 15.1. The molecule has 2 aliphatic carbocycles. The summed E-state index contributed by atoms with van der Waals surface area (Å²) in [6.45, 7) is 6.58. The molecule has 0 radical (unpaired) electrons. The molecule has 0 saturated heterocycles. The van der Waals surface area contributed by atoms with Crippen molar-refractivity contribution in [3.8, 4) is 11.1 Å². The number of esters is 1. The maximum absolute atomic E-state index is 15.8. The Kier molecular flexibility index (Phi) is 14.6. The zero-order valence-electron chi connectivity index (χ0n) is 28.7. The van der Waals surface area contributed by atoms with E-state index in [1.165, 1.54) is 50.7 Å². The van der Waals surface area contributed by atoms with Crippen molar-refractivity contribution in [2.75, 3.05) is 12.4 Å². The van der Waals surface area contributed by atoms with Crippen LogP contribution in [0, 0.1) is 41.1 Å². The van der Waals surface area contributed by atoms with Crippen molar-refractivity contribution in [2.24, 2.45) is 23.7 Å². The number of carbonyl (C=O) groups excluding carboxylic acids is 1. The van der Waals surface area contributed by atoms with Gasteiger partial charge in [0.15, 0.2) is 11.6 Å². The number of unbranched alkanes of at least 4 members (excludes halogenated alkanes) is 1. The summed E-state index contributed by atoms with van der Waals surface area (Å²) < 4.78 is 93.2. The van der Waals surface area contributed by atoms with E-state index in [0.29, 0.717) is 29.7 Å². The Morgan fingerprint density at radius 1 is 0.833 bits per heavy atom. The van der Waals surface area contributed by atoms with Gasteiger partial charge in [-0.15, -0.1) is 11.8 Å². The average Bonchev–Trinajstić information content (AvgIpc) is 3.07. The van der Waals surface area contributed by atoms with Crippen molar-refractivity contribution in [2.45, 2.75) is 134 Å². The first-order chi connectivity index (χ1) is 23.0. The minimum atomic E-state index is -4.98. The maximum atomic E-state index is 15.8. The maximum Gasteiger partial charge on any atom is 0.419 e. The van der Waals surface area contributed by atoms with Crippen molar-refractivity contribution in [3.63, 3.8) is 0 Å². The standard InChI is InChI=1S/C39H52F6O2S/c1-4-7-9-25(6-3)24-47-34(46)22-23-48-38-32(20-21-33(37(38)42)39(43,44)45)31-19-18-30(35(40)36(31)41)29-16-14-28(15-17-29)27-12-10-26(8-5-2)11-13-27/h18-21,25-29H,4-17,22-24H2,1-3H3. The van der Waals surface area contributed by atoms with Crippen LogP contribution in [0.1, 0.15) is 134 Å². The van der Waals surface area contributed by atoms with Gasteiger partial charge in [-0.2, -0.15) is 13.2 Å². The summed E-state index contributed by atoms with van der Waals surface area (Å²) in [5.41, 5.74) is -1.69. The number of carbonyl (C=O) groups is 1. The van der Waals surface area contributed by atoms with Crippen LogP contribution >= 0.6 is 11.8 Å². The second kappa shape index (κ2) is 18.2. The molecule has 0 aromatic heterocycles. The summed E-state index contributed by atoms with van der Waals surface area (Å²) in [6, 6.07) is 4.42. The molecule has 1 atom stereocenters. The first kappa shape index (κ1) is 38.6. The van der Waals surface area contributed by atoms with Gasteiger partial charge < -0.3 is 4.74 Å². The smallest absolute Gasteiger partial charge is 0.419 e. The van der Waals surface area contributed by atoms with E-state index in [9.17, 15) is 18.0 Å². The van der Waals surface area contributed by atoms with E-state index < -0.39 is 40.1 Å². The molecule has 0 spiro atoms. The third-order valence-electron chi connectivity index (χ3n) is 10.8. The number of alkyl halides is 3. The van der Waals surface area contributed by atoms with E-state index in [1.54, 1.807) is 0 Å². The molecule has 2 aliphatic rings. The number of hydrogen-bond acceptors (Lipinski definition) is 3. The minimum Gasteiger partial charge on any atom is -0.465 e. The van der Waals surface area contributed by atoms with Crippen molar-refractivity contribution in [1.82, 2.24) is 0 Å². The van der Waals surface area contributed by atoms with Gasteiger partial charge in [-0.3, -0.25) is 4.79 Å². The lowest BCUT2D eigenvalue weighted by Gasteiger charge is -2.38. The van der Waals surface area contributed by atoms with Gasteiger partial charge in [-0.05, 0) is 86.2 Å². The van der Waals surface area contributed by atoms with Gasteiger partial charge in [0, 0.05) is 16.9 Å². The van der Waals surface area contributed by atoms with Crippen molar-refractivity contribution < 1.29 is 35.9 Å². The predicted molar refractivity (Wildman–Crippen MR) is 181 cm³/mol. The minimum absolute atomic E-state index is 0.0819. The fourth-order valence-corrected chi connectivity index (χ4v) is 8.93. The second-order valence-electron chi connectivity index (χ2n) is 14.0. The van der Waals surface area contributed by atoms with Crippen LogP contribution in [0.2, 0.25) is 0 Å². The van der Waals surface area contributed by atoms with Crippen molar-refractivity contribution in [1.29, 1.82) is 0 Å². The molecule has 268 valence electrons. The molecule has 4 rings (SSSR count). The summed E-state index contributed by atoms with van der Waals surface area (Å²) >= 11 is 0.679. The van der Waals surface area contributed by atoms with Crippen LogP contribution in [0.3, 0.4) is 0 Å². The molecule has 9 heteroatoms. The van der Waals surface area contributed by atoms with E-state index in [1.807, 2.05) is 6.92 Å². The Balaban J connectivity index is 1.46. The summed E-state index contributed by atoms with van der Waals surface area (Å²) in [7, 11) is 0. The number of benzene rings is 2. The van der Waals surface area contributed by atoms with E-state index in [2.05, 4.69) is 13.8 Å². The topological polar surface area (TPSA) is 26.3 Å². The zero-order valence-corrected chi connectivity index (χ0v) is 29.5. The lowest BCUT2D eigenvalue weighted by molar-refractivity contribution is -0.144. The number of ether oxygens (including phenoxy) is 1. The summed E-state index contributed by atoms with van der Waals surface area (Å²) in [6.07, 6.45) is 9.75. The van der Waals surface area contributed by atoms with Crippen LogP contribution in [0.4, 0.5) is 26.3 Å². The monoisotopic (exact) mass is 698 g/mol. The fourth-order valence-electron chi connectivity index (χ4n) is 7.89. The summed E-state index contributed by atoms with van der Waals surface area (Å²) in [5, 5.41) is 0. The zero-order chi connectivity index (χ0) is 34.8. The van der Waals surface area contributed by atoms with Gasteiger partial charge in [0.05, 0.1) is 23.5 Å². The third-order valence-corrected chi connectivity index (χ3v) is 11.9. The molecule has 2 fully saturated rings. The molecular formula is C39H52F6O2S. The molecule has 2 aromatic rings. The van der Waals surface area contributed by atoms with Gasteiger partial charge in [-0.25, -0.2) is 13.2 Å². The predicted octanol–water partition coefficient (Wildman–Crippen LogP) is 12.9. The van der Waals surface area contributed by atoms with Crippen LogP contribution in [0.25, 0.3) is 11.1 Å². The average molecular weight is 699 g/mol. The first-order valence-electron chi connectivity index (χ1n) is 18.1. The molecule has 48 heavy (non-hydrogen) atoms. The Morgan fingerprint density at radius 2 is 1.48 bits per heavy atom. The molecule has 1 unspecified atom stereocenters. The fraction of sp³-hybridized carbons (Fsp3) is 0.667. The molecule has 2 aromatic carbocycles. The van der Waals surface area contributed by atoms with E-state index >= 15 is 13.2 Å². The Labute approximate surface area is 287 Å². The number of thioether (sulfide) groups is 1. The van der Waals surface area contributed by atoms with Gasteiger partial charge in [0.1, 0.15) is 5.82 Å². The third kappa shape index (κ3) is 9.97. The summed E-state index contributed by atoms with van der Waals surface area (Å²) in [5.74, 6) is -2.16. The highest BCUT2D eigenvalue weighted by Gasteiger charge is 2.37. The van der Waals surface area contributed by atoms with Gasteiger partial charge in [0.25, 0.3) is 0 Å². The highest BCUT2D eigenvalue weighted by atomic mass is 32.2. The largest absolute Gasteiger partial charge is 0.465 e. The van der Waals surface area contributed by atoms with Crippen molar-refractivity contribution >= 4 is 17.7 Å². The highest BCUT2D eigenvalue weighted by Crippen LogP contribution is 2.47. The van der Waals surface area contributed by atoms with Crippen LogP contribution in [0.15, 0.2) is 29.2 Å². The molecule has 0 N–H and O–H groups in total. The molecule has 2 nitrogen and oxygen atoms in total. The number of hydrogen-bond donors (Lipinski definition) is 0. The first-order valence-corrected chi connectivity index (χ1v) is 19.1. The van der Waals surface area contributed by atoms with Crippen LogP contribution in [0.5, 0.6) is 0 Å². The highest BCUT2D eigenvalue weighted by molar-refractivity contribution is 7.99. The van der Waals surface area contributed by atoms with Gasteiger partial charge >= 0.3 is 12.1 Å². The van der Waals surface area contributed by atoms with Crippen molar-refractivity contribution in [3.05, 3.63) is 52.8 Å². The van der Waals surface area contributed by atoms with Crippen LogP contribution in [-0.2, 0) is 15.7 Å². The molecule has 0 amide bonds. The molecular weight excluding hydrogens is 646 g/mol. The lowest BCUT2D eigenvalue weighted by Crippen LogP contribution is -2.25. The van der Waals surface area contributed by atoms with Gasteiger partial charge in [-0.1, -0.05) is 83.9 Å². The van der Waals surface area contributed by atoms with Crippen LogP contribution in [-0.4, -0.2) is 18.3 Å². The van der Waals surface area contributed by atoms with Crippen LogP contribution < -0.4 is 0 Å². The number of halogens is 6. The molecule has 0 heterocycles. The molecule has 2 saturated carbocycles. The van der Waals surface area contributed by atoms with E-state index in [-0.39, 0.29) is 47.3 Å². The Bertz CT molecular complexity index is 1330. The van der Waals surface area contributed by atoms with E-state index in [4.69, 9.17) is 4.74 Å². The number of rotatable bonds is 15. The Hall–Kier alpha value is -2.16. The molecule has 0 bridgehead atoms.